The van der Waals surface area contributed by atoms with Crippen LogP contribution in [0.2, 0.25) is 0 Å². The lowest BCUT2D eigenvalue weighted by Gasteiger charge is -2.06. The highest BCUT2D eigenvalue weighted by Gasteiger charge is 1.96. The Hall–Kier alpha value is -1.08. The Kier molecular flexibility index (Phi) is 10.6. The first kappa shape index (κ1) is 19.2. The Morgan fingerprint density at radius 2 is 1.17 bits per heavy atom. The minimum atomic E-state index is 0.662. The Morgan fingerprint density at radius 1 is 0.667 bits per heavy atom. The van der Waals surface area contributed by atoms with E-state index in [1.54, 1.807) is 0 Å². The van der Waals surface area contributed by atoms with Crippen molar-refractivity contribution in [3.63, 3.8) is 0 Å². The lowest BCUT2D eigenvalue weighted by molar-refractivity contribution is 0.0605. The number of hydrogen-bond donors (Lipinski definition) is 0. The van der Waals surface area contributed by atoms with Crippen LogP contribution >= 0.6 is 23.5 Å². The van der Waals surface area contributed by atoms with Crippen molar-refractivity contribution < 1.29 is 9.47 Å². The predicted molar refractivity (Wildman–Crippen MR) is 102 cm³/mol. The van der Waals surface area contributed by atoms with E-state index in [2.05, 4.69) is 9.97 Å². The summed E-state index contributed by atoms with van der Waals surface area (Å²) in [4.78, 5) is 8.59. The highest BCUT2D eigenvalue weighted by atomic mass is 32.2. The van der Waals surface area contributed by atoms with Crippen LogP contribution in [0.5, 0.6) is 0 Å². The first-order chi connectivity index (χ1) is 11.9. The summed E-state index contributed by atoms with van der Waals surface area (Å²) in [6.45, 7) is 2.84. The van der Waals surface area contributed by atoms with Crippen molar-refractivity contribution in [3.05, 3.63) is 60.2 Å². The largest absolute Gasteiger partial charge is 0.378 e. The van der Waals surface area contributed by atoms with Crippen molar-refractivity contribution in [3.8, 4) is 0 Å². The molecule has 0 aliphatic carbocycles. The summed E-state index contributed by atoms with van der Waals surface area (Å²) in [6, 6.07) is 12.0. The number of aromatic nitrogens is 2. The van der Waals surface area contributed by atoms with Gasteiger partial charge in [0.2, 0.25) is 0 Å². The number of nitrogens with zero attached hydrogens (tertiary/aromatic N) is 2. The van der Waals surface area contributed by atoms with E-state index >= 15 is 0 Å². The topological polar surface area (TPSA) is 44.2 Å². The molecule has 130 valence electrons. The van der Waals surface area contributed by atoms with Crippen LogP contribution in [0.4, 0.5) is 0 Å². The highest BCUT2D eigenvalue weighted by Crippen LogP contribution is 2.09. The van der Waals surface area contributed by atoms with E-state index in [1.807, 2.05) is 72.3 Å². The van der Waals surface area contributed by atoms with Gasteiger partial charge in [0.05, 0.1) is 37.8 Å². The van der Waals surface area contributed by atoms with Crippen LogP contribution in [0.25, 0.3) is 0 Å². The van der Waals surface area contributed by atoms with E-state index in [-0.39, 0.29) is 0 Å². The van der Waals surface area contributed by atoms with Gasteiger partial charge in [0.15, 0.2) is 0 Å². The first-order valence-electron chi connectivity index (χ1n) is 8.06. The molecule has 0 aromatic carbocycles. The van der Waals surface area contributed by atoms with Gasteiger partial charge in [-0.3, -0.25) is 9.97 Å². The number of pyridine rings is 2. The predicted octanol–water partition coefficient (Wildman–Crippen LogP) is 3.68. The molecule has 0 aliphatic heterocycles. The fourth-order valence-electron chi connectivity index (χ4n) is 1.88. The van der Waals surface area contributed by atoms with Crippen LogP contribution in [-0.4, -0.2) is 47.9 Å². The van der Waals surface area contributed by atoms with Crippen molar-refractivity contribution >= 4 is 23.5 Å². The average molecular weight is 365 g/mol. The summed E-state index contributed by atoms with van der Waals surface area (Å²) < 4.78 is 11.1. The molecule has 0 radical (unpaired) electrons. The van der Waals surface area contributed by atoms with Crippen LogP contribution in [0.3, 0.4) is 0 Å². The highest BCUT2D eigenvalue weighted by molar-refractivity contribution is 7.98. The summed E-state index contributed by atoms with van der Waals surface area (Å²) in [5, 5.41) is 0. The third-order valence-electron chi connectivity index (χ3n) is 3.07. The molecule has 2 heterocycles. The zero-order valence-corrected chi connectivity index (χ0v) is 15.4. The zero-order valence-electron chi connectivity index (χ0n) is 13.8. The Morgan fingerprint density at radius 3 is 1.58 bits per heavy atom. The van der Waals surface area contributed by atoms with Crippen LogP contribution in [-0.2, 0) is 21.0 Å². The second-order valence-corrected chi connectivity index (χ2v) is 7.18. The molecule has 0 saturated carbocycles. The molecule has 0 amide bonds. The van der Waals surface area contributed by atoms with Gasteiger partial charge in [-0.2, -0.15) is 23.5 Å². The molecular weight excluding hydrogens is 340 g/mol. The second kappa shape index (κ2) is 13.2. The summed E-state index contributed by atoms with van der Waals surface area (Å²) in [7, 11) is 0. The molecule has 0 aliphatic rings. The fraction of sp³-hybridized carbons (Fsp3) is 0.444. The van der Waals surface area contributed by atoms with E-state index in [4.69, 9.17) is 9.47 Å². The quantitative estimate of drug-likeness (QED) is 0.505. The van der Waals surface area contributed by atoms with E-state index < -0.39 is 0 Å². The number of thioether (sulfide) groups is 2. The number of ether oxygens (including phenoxy) is 2. The lowest BCUT2D eigenvalue weighted by atomic mass is 10.4. The summed E-state index contributed by atoms with van der Waals surface area (Å²) in [5.74, 6) is 3.84. The smallest absolute Gasteiger partial charge is 0.0700 e. The van der Waals surface area contributed by atoms with Crippen molar-refractivity contribution in [2.24, 2.45) is 0 Å². The normalized spacial score (nSPS) is 10.8. The van der Waals surface area contributed by atoms with Gasteiger partial charge in [-0.25, -0.2) is 0 Å². The second-order valence-electron chi connectivity index (χ2n) is 4.97. The standard InChI is InChI=1S/C18H24N2O2S2/c1-3-7-19-17(5-1)15-23-13-11-21-9-10-22-12-14-24-16-18-6-2-4-8-20-18/h1-8H,9-16H2. The zero-order chi connectivity index (χ0) is 16.7. The molecular formula is C18H24N2O2S2. The third-order valence-corrected chi connectivity index (χ3v) is 4.98. The van der Waals surface area contributed by atoms with Gasteiger partial charge in [-0.15, -0.1) is 0 Å². The molecule has 2 aromatic heterocycles. The fourth-order valence-corrected chi connectivity index (χ4v) is 3.40. The van der Waals surface area contributed by atoms with Gasteiger partial charge in [-0.05, 0) is 24.3 Å². The van der Waals surface area contributed by atoms with E-state index in [1.165, 1.54) is 0 Å². The van der Waals surface area contributed by atoms with Crippen molar-refractivity contribution in [2.75, 3.05) is 37.9 Å². The summed E-state index contributed by atoms with van der Waals surface area (Å²) in [6.07, 6.45) is 3.66. The molecule has 4 nitrogen and oxygen atoms in total. The summed E-state index contributed by atoms with van der Waals surface area (Å²) in [5.41, 5.74) is 2.24. The molecule has 0 unspecified atom stereocenters. The van der Waals surface area contributed by atoms with Crippen LogP contribution in [0, 0.1) is 0 Å². The third kappa shape index (κ3) is 9.27. The van der Waals surface area contributed by atoms with Gasteiger partial charge >= 0.3 is 0 Å². The molecule has 0 spiro atoms. The SMILES string of the molecule is c1ccc(CSCCOCCOCCSCc2ccccn2)nc1. The first-order valence-corrected chi connectivity index (χ1v) is 10.4. The maximum absolute atomic E-state index is 5.56. The van der Waals surface area contributed by atoms with Gasteiger partial charge in [0, 0.05) is 35.4 Å². The number of hydrogen-bond acceptors (Lipinski definition) is 6. The molecule has 0 fully saturated rings. The molecule has 2 aromatic rings. The maximum atomic E-state index is 5.56. The monoisotopic (exact) mass is 364 g/mol. The molecule has 0 atom stereocenters. The molecule has 0 bridgehead atoms. The number of rotatable bonds is 13. The molecule has 0 saturated heterocycles. The van der Waals surface area contributed by atoms with E-state index in [0.717, 1.165) is 47.6 Å². The van der Waals surface area contributed by atoms with Crippen molar-refractivity contribution in [2.45, 2.75) is 11.5 Å². The van der Waals surface area contributed by atoms with Gasteiger partial charge in [0.25, 0.3) is 0 Å². The Labute approximate surface area is 152 Å². The molecule has 0 N–H and O–H groups in total. The molecule has 6 heteroatoms. The van der Waals surface area contributed by atoms with E-state index in [0.29, 0.717) is 13.2 Å². The molecule has 2 rings (SSSR count). The van der Waals surface area contributed by atoms with Gasteiger partial charge in [0.1, 0.15) is 0 Å². The lowest BCUT2D eigenvalue weighted by Crippen LogP contribution is -2.08. The summed E-state index contributed by atoms with van der Waals surface area (Å²) >= 11 is 3.68. The van der Waals surface area contributed by atoms with Crippen LogP contribution < -0.4 is 0 Å². The molecule has 24 heavy (non-hydrogen) atoms. The average Bonchev–Trinajstić information content (AvgIpc) is 2.64. The minimum Gasteiger partial charge on any atom is -0.378 e. The van der Waals surface area contributed by atoms with Gasteiger partial charge in [-0.1, -0.05) is 12.1 Å². The minimum absolute atomic E-state index is 0.662. The van der Waals surface area contributed by atoms with Crippen molar-refractivity contribution in [1.29, 1.82) is 0 Å². The van der Waals surface area contributed by atoms with Crippen molar-refractivity contribution in [1.82, 2.24) is 9.97 Å². The van der Waals surface area contributed by atoms with Crippen LogP contribution in [0.1, 0.15) is 11.4 Å². The van der Waals surface area contributed by atoms with Crippen LogP contribution in [0.15, 0.2) is 48.8 Å². The van der Waals surface area contributed by atoms with Gasteiger partial charge < -0.3 is 9.47 Å². The Balaban J connectivity index is 1.32. The van der Waals surface area contributed by atoms with E-state index in [9.17, 15) is 0 Å². The Bertz CT molecular complexity index is 480. The maximum Gasteiger partial charge on any atom is 0.0700 e.